The number of anilines is 1. The maximum Gasteiger partial charge on any atom is 0.271 e. The highest BCUT2D eigenvalue weighted by Gasteiger charge is 2.07. The predicted octanol–water partition coefficient (Wildman–Crippen LogP) is 3.27. The SMILES string of the molecule is CC(=O)Nc1cccc(C(=O)N/N=C/c2c(O)ccc3ccccc23)c1. The number of hydrazone groups is 1. The summed E-state index contributed by atoms with van der Waals surface area (Å²) < 4.78 is 0. The van der Waals surface area contributed by atoms with Crippen LogP contribution in [0, 0.1) is 0 Å². The number of aromatic hydroxyl groups is 1. The minimum absolute atomic E-state index is 0.0781. The van der Waals surface area contributed by atoms with Gasteiger partial charge in [0.2, 0.25) is 5.91 Å². The summed E-state index contributed by atoms with van der Waals surface area (Å²) >= 11 is 0. The van der Waals surface area contributed by atoms with Gasteiger partial charge >= 0.3 is 0 Å². The molecule has 0 fully saturated rings. The lowest BCUT2D eigenvalue weighted by atomic mass is 10.0. The van der Waals surface area contributed by atoms with Crippen LogP contribution in [0.3, 0.4) is 0 Å². The third-order valence-electron chi connectivity index (χ3n) is 3.75. The fourth-order valence-electron chi connectivity index (χ4n) is 2.58. The van der Waals surface area contributed by atoms with Crippen LogP contribution in [0.5, 0.6) is 5.75 Å². The van der Waals surface area contributed by atoms with Crippen LogP contribution in [-0.2, 0) is 4.79 Å². The average molecular weight is 347 g/mol. The van der Waals surface area contributed by atoms with Crippen molar-refractivity contribution in [2.75, 3.05) is 5.32 Å². The molecule has 2 amide bonds. The molecule has 130 valence electrons. The molecule has 0 saturated carbocycles. The number of hydrogen-bond donors (Lipinski definition) is 3. The normalized spacial score (nSPS) is 10.8. The zero-order valence-electron chi connectivity index (χ0n) is 14.1. The smallest absolute Gasteiger partial charge is 0.271 e. The van der Waals surface area contributed by atoms with Crippen LogP contribution in [0.2, 0.25) is 0 Å². The quantitative estimate of drug-likeness (QED) is 0.500. The van der Waals surface area contributed by atoms with Gasteiger partial charge in [0.25, 0.3) is 5.91 Å². The number of fused-ring (bicyclic) bond motifs is 1. The van der Waals surface area contributed by atoms with E-state index in [1.165, 1.54) is 13.1 Å². The monoisotopic (exact) mass is 347 g/mol. The highest BCUT2D eigenvalue weighted by atomic mass is 16.3. The molecule has 6 heteroatoms. The van der Waals surface area contributed by atoms with E-state index < -0.39 is 5.91 Å². The van der Waals surface area contributed by atoms with Gasteiger partial charge in [-0.05, 0) is 35.0 Å². The van der Waals surface area contributed by atoms with Gasteiger partial charge in [-0.2, -0.15) is 5.10 Å². The minimum atomic E-state index is -0.423. The van der Waals surface area contributed by atoms with Gasteiger partial charge in [0, 0.05) is 23.7 Å². The summed E-state index contributed by atoms with van der Waals surface area (Å²) in [5, 5.41) is 18.4. The number of phenolic OH excluding ortho intramolecular Hbond substituents is 1. The van der Waals surface area contributed by atoms with Crippen molar-refractivity contribution in [1.82, 2.24) is 5.43 Å². The molecule has 0 atom stereocenters. The molecule has 0 radical (unpaired) electrons. The molecule has 0 aliphatic carbocycles. The van der Waals surface area contributed by atoms with Crippen molar-refractivity contribution < 1.29 is 14.7 Å². The lowest BCUT2D eigenvalue weighted by Gasteiger charge is -2.06. The van der Waals surface area contributed by atoms with Gasteiger partial charge in [-0.1, -0.05) is 36.4 Å². The van der Waals surface area contributed by atoms with Crippen molar-refractivity contribution in [3.63, 3.8) is 0 Å². The fourth-order valence-corrected chi connectivity index (χ4v) is 2.58. The largest absolute Gasteiger partial charge is 0.507 e. The number of rotatable bonds is 4. The number of nitrogens with zero attached hydrogens (tertiary/aromatic N) is 1. The lowest BCUT2D eigenvalue weighted by molar-refractivity contribution is -0.114. The molecule has 0 aliphatic rings. The van der Waals surface area contributed by atoms with Gasteiger partial charge in [0.05, 0.1) is 6.21 Å². The van der Waals surface area contributed by atoms with Crippen molar-refractivity contribution in [2.24, 2.45) is 5.10 Å². The van der Waals surface area contributed by atoms with Crippen molar-refractivity contribution in [3.05, 3.63) is 71.8 Å². The molecule has 3 N–H and O–H groups in total. The number of carbonyl (C=O) groups excluding carboxylic acids is 2. The lowest BCUT2D eigenvalue weighted by Crippen LogP contribution is -2.18. The molecule has 3 rings (SSSR count). The Balaban J connectivity index is 1.78. The van der Waals surface area contributed by atoms with E-state index in [1.807, 2.05) is 30.3 Å². The molecule has 0 unspecified atom stereocenters. The fraction of sp³-hybridized carbons (Fsp3) is 0.0500. The van der Waals surface area contributed by atoms with Crippen molar-refractivity contribution in [2.45, 2.75) is 6.92 Å². The second-order valence-corrected chi connectivity index (χ2v) is 5.68. The highest BCUT2D eigenvalue weighted by Crippen LogP contribution is 2.25. The minimum Gasteiger partial charge on any atom is -0.507 e. The topological polar surface area (TPSA) is 90.8 Å². The summed E-state index contributed by atoms with van der Waals surface area (Å²) in [4.78, 5) is 23.3. The Morgan fingerprint density at radius 1 is 1.04 bits per heavy atom. The first-order chi connectivity index (χ1) is 12.5. The van der Waals surface area contributed by atoms with E-state index in [0.29, 0.717) is 16.8 Å². The van der Waals surface area contributed by atoms with Gasteiger partial charge in [-0.15, -0.1) is 0 Å². The summed E-state index contributed by atoms with van der Waals surface area (Å²) in [6, 6.07) is 17.5. The molecule has 0 bridgehead atoms. The molecule has 6 nitrogen and oxygen atoms in total. The summed E-state index contributed by atoms with van der Waals surface area (Å²) in [6.45, 7) is 1.40. The van der Waals surface area contributed by atoms with E-state index in [0.717, 1.165) is 10.8 Å². The van der Waals surface area contributed by atoms with E-state index in [9.17, 15) is 14.7 Å². The Labute approximate surface area is 150 Å². The van der Waals surface area contributed by atoms with Crippen molar-refractivity contribution in [1.29, 1.82) is 0 Å². The van der Waals surface area contributed by atoms with Crippen LogP contribution in [0.15, 0.2) is 65.8 Å². The highest BCUT2D eigenvalue weighted by molar-refractivity contribution is 6.03. The zero-order chi connectivity index (χ0) is 18.5. The molecule has 0 heterocycles. The van der Waals surface area contributed by atoms with Crippen molar-refractivity contribution >= 4 is 34.5 Å². The second kappa shape index (κ2) is 7.48. The maximum absolute atomic E-state index is 12.2. The second-order valence-electron chi connectivity index (χ2n) is 5.68. The Morgan fingerprint density at radius 3 is 2.65 bits per heavy atom. The van der Waals surface area contributed by atoms with Gasteiger partial charge in [-0.25, -0.2) is 5.43 Å². The molecule has 3 aromatic carbocycles. The molecule has 3 aromatic rings. The van der Waals surface area contributed by atoms with E-state index in [4.69, 9.17) is 0 Å². The third-order valence-corrected chi connectivity index (χ3v) is 3.75. The molecule has 26 heavy (non-hydrogen) atoms. The molecular weight excluding hydrogens is 330 g/mol. The predicted molar refractivity (Wildman–Crippen MR) is 101 cm³/mol. The molecule has 0 spiro atoms. The van der Waals surface area contributed by atoms with Gasteiger partial charge < -0.3 is 10.4 Å². The van der Waals surface area contributed by atoms with Crippen LogP contribution < -0.4 is 10.7 Å². The Kier molecular flexibility index (Phi) is 4.94. The van der Waals surface area contributed by atoms with Crippen LogP contribution in [0.25, 0.3) is 10.8 Å². The van der Waals surface area contributed by atoms with Gasteiger partial charge in [-0.3, -0.25) is 9.59 Å². The number of nitrogens with one attached hydrogen (secondary N) is 2. The van der Waals surface area contributed by atoms with Gasteiger partial charge in [0.15, 0.2) is 0 Å². The third kappa shape index (κ3) is 3.87. The number of benzene rings is 3. The Bertz CT molecular complexity index is 1010. The summed E-state index contributed by atoms with van der Waals surface area (Å²) in [5.41, 5.74) is 3.84. The first-order valence-electron chi connectivity index (χ1n) is 7.96. The number of carbonyl (C=O) groups is 2. The summed E-state index contributed by atoms with van der Waals surface area (Å²) in [7, 11) is 0. The summed E-state index contributed by atoms with van der Waals surface area (Å²) in [6.07, 6.45) is 1.41. The van der Waals surface area contributed by atoms with E-state index in [2.05, 4.69) is 15.8 Å². The standard InChI is InChI=1S/C20H17N3O3/c1-13(24)22-16-7-4-6-15(11-16)20(26)23-21-12-18-17-8-3-2-5-14(17)9-10-19(18)25/h2-12,25H,1H3,(H,22,24)(H,23,26)/b21-12+. The first kappa shape index (κ1) is 17.2. The number of phenols is 1. The Hall–Kier alpha value is -3.67. The average Bonchev–Trinajstić information content (AvgIpc) is 2.63. The zero-order valence-corrected chi connectivity index (χ0v) is 14.1. The molecular formula is C20H17N3O3. The first-order valence-corrected chi connectivity index (χ1v) is 7.96. The van der Waals surface area contributed by atoms with Crippen LogP contribution >= 0.6 is 0 Å². The van der Waals surface area contributed by atoms with Crippen molar-refractivity contribution in [3.8, 4) is 5.75 Å². The van der Waals surface area contributed by atoms with E-state index in [-0.39, 0.29) is 11.7 Å². The maximum atomic E-state index is 12.2. The summed E-state index contributed by atoms with van der Waals surface area (Å²) in [5.74, 6) is -0.561. The van der Waals surface area contributed by atoms with Crippen LogP contribution in [-0.4, -0.2) is 23.1 Å². The number of amides is 2. The van der Waals surface area contributed by atoms with E-state index >= 15 is 0 Å². The van der Waals surface area contributed by atoms with Gasteiger partial charge in [0.1, 0.15) is 5.75 Å². The van der Waals surface area contributed by atoms with Crippen LogP contribution in [0.4, 0.5) is 5.69 Å². The van der Waals surface area contributed by atoms with Crippen LogP contribution in [0.1, 0.15) is 22.8 Å². The molecule has 0 aromatic heterocycles. The Morgan fingerprint density at radius 2 is 1.85 bits per heavy atom. The van der Waals surface area contributed by atoms with E-state index in [1.54, 1.807) is 30.3 Å². The molecule has 0 aliphatic heterocycles. The number of hydrogen-bond acceptors (Lipinski definition) is 4. The molecule has 0 saturated heterocycles.